The summed E-state index contributed by atoms with van der Waals surface area (Å²) in [5, 5.41) is 3.13. The van der Waals surface area contributed by atoms with Crippen LogP contribution in [0.3, 0.4) is 0 Å². The van der Waals surface area contributed by atoms with Gasteiger partial charge in [-0.1, -0.05) is 29.8 Å². The second-order valence-electron chi connectivity index (χ2n) is 7.84. The van der Waals surface area contributed by atoms with Gasteiger partial charge in [-0.15, -0.1) is 0 Å². The summed E-state index contributed by atoms with van der Waals surface area (Å²) in [5.41, 5.74) is 2.76. The Kier molecular flexibility index (Phi) is 5.91. The number of rotatable bonds is 7. The van der Waals surface area contributed by atoms with Gasteiger partial charge in [-0.25, -0.2) is 8.42 Å². The maximum atomic E-state index is 12.8. The lowest BCUT2D eigenvalue weighted by Crippen LogP contribution is -2.33. The molecule has 2 aromatic carbocycles. The number of amides is 1. The number of nitrogens with zero attached hydrogens (tertiary/aromatic N) is 1. The summed E-state index contributed by atoms with van der Waals surface area (Å²) in [4.78, 5) is 13.0. The quantitative estimate of drug-likeness (QED) is 0.766. The van der Waals surface area contributed by atoms with Crippen LogP contribution in [0.2, 0.25) is 0 Å². The number of carbonyl (C=O) groups excluding carboxylic acids is 1. The number of benzene rings is 2. The molecule has 0 aromatic heterocycles. The molecule has 6 heteroatoms. The Morgan fingerprint density at radius 3 is 2.11 bits per heavy atom. The fourth-order valence-electron chi connectivity index (χ4n) is 3.12. The molecule has 5 nitrogen and oxygen atoms in total. The molecule has 0 spiro atoms. The number of hydrogen-bond acceptors (Lipinski definition) is 3. The molecule has 1 N–H and O–H groups in total. The smallest absolute Gasteiger partial charge is 0.251 e. The van der Waals surface area contributed by atoms with E-state index in [2.05, 4.69) is 29.6 Å². The number of nitrogens with one attached hydrogen (secondary N) is 1. The minimum atomic E-state index is -3.55. The van der Waals surface area contributed by atoms with Crippen molar-refractivity contribution in [1.82, 2.24) is 9.62 Å². The van der Waals surface area contributed by atoms with Gasteiger partial charge < -0.3 is 5.32 Å². The van der Waals surface area contributed by atoms with E-state index in [1.54, 1.807) is 19.2 Å². The molecule has 28 heavy (non-hydrogen) atoms. The highest BCUT2D eigenvalue weighted by atomic mass is 32.2. The molecule has 1 fully saturated rings. The van der Waals surface area contributed by atoms with Crippen LogP contribution < -0.4 is 5.32 Å². The Morgan fingerprint density at radius 1 is 1.04 bits per heavy atom. The number of sulfonamides is 1. The summed E-state index contributed by atoms with van der Waals surface area (Å²) >= 11 is 0. The molecule has 1 saturated carbocycles. The van der Waals surface area contributed by atoms with Gasteiger partial charge >= 0.3 is 0 Å². The SMILES string of the molecule is Cc1ccc(C(NC(=O)c2ccc(S(=O)(=O)N(C)C(C)C)cc2)C2CC2)cc1. The van der Waals surface area contributed by atoms with Crippen LogP contribution in [0.25, 0.3) is 0 Å². The van der Waals surface area contributed by atoms with E-state index in [4.69, 9.17) is 0 Å². The first-order valence-corrected chi connectivity index (χ1v) is 11.1. The first-order chi connectivity index (χ1) is 13.2. The molecule has 2 aromatic rings. The first-order valence-electron chi connectivity index (χ1n) is 9.65. The molecule has 1 aliphatic carbocycles. The van der Waals surface area contributed by atoms with Gasteiger partial charge in [0, 0.05) is 18.7 Å². The predicted octanol–water partition coefficient (Wildman–Crippen LogP) is 3.91. The Bertz CT molecular complexity index is 931. The highest BCUT2D eigenvalue weighted by Gasteiger charge is 2.33. The van der Waals surface area contributed by atoms with E-state index < -0.39 is 10.0 Å². The molecule has 1 atom stereocenters. The van der Waals surface area contributed by atoms with Gasteiger partial charge in [0.2, 0.25) is 10.0 Å². The van der Waals surface area contributed by atoms with Crippen LogP contribution >= 0.6 is 0 Å². The number of carbonyl (C=O) groups is 1. The molecule has 1 unspecified atom stereocenters. The van der Waals surface area contributed by atoms with Crippen LogP contribution in [-0.2, 0) is 10.0 Å². The number of aryl methyl sites for hydroxylation is 1. The number of hydrogen-bond donors (Lipinski definition) is 1. The third kappa shape index (κ3) is 4.45. The zero-order valence-electron chi connectivity index (χ0n) is 16.8. The van der Waals surface area contributed by atoms with Crippen molar-refractivity contribution < 1.29 is 13.2 Å². The minimum Gasteiger partial charge on any atom is -0.345 e. The maximum absolute atomic E-state index is 12.8. The lowest BCUT2D eigenvalue weighted by molar-refractivity contribution is 0.0931. The van der Waals surface area contributed by atoms with Crippen molar-refractivity contribution in [3.05, 3.63) is 65.2 Å². The molecule has 0 bridgehead atoms. The summed E-state index contributed by atoms with van der Waals surface area (Å²) in [6.45, 7) is 5.69. The normalized spacial score (nSPS) is 15.6. The van der Waals surface area contributed by atoms with E-state index in [0.717, 1.165) is 18.4 Å². The van der Waals surface area contributed by atoms with Crippen LogP contribution in [0.5, 0.6) is 0 Å². The van der Waals surface area contributed by atoms with Crippen LogP contribution in [-0.4, -0.2) is 31.7 Å². The van der Waals surface area contributed by atoms with E-state index in [1.165, 1.54) is 22.0 Å². The Labute approximate surface area is 167 Å². The summed E-state index contributed by atoms with van der Waals surface area (Å²) in [7, 11) is -1.99. The highest BCUT2D eigenvalue weighted by molar-refractivity contribution is 7.89. The fourth-order valence-corrected chi connectivity index (χ4v) is 4.49. The zero-order chi connectivity index (χ0) is 20.5. The average Bonchev–Trinajstić information content (AvgIpc) is 3.51. The van der Waals surface area contributed by atoms with Gasteiger partial charge in [0.05, 0.1) is 10.9 Å². The lowest BCUT2D eigenvalue weighted by Gasteiger charge is -2.21. The Hall–Kier alpha value is -2.18. The Balaban J connectivity index is 1.76. The third-order valence-electron chi connectivity index (χ3n) is 5.34. The van der Waals surface area contributed by atoms with Crippen LogP contribution in [0.1, 0.15) is 54.2 Å². The zero-order valence-corrected chi connectivity index (χ0v) is 17.7. The topological polar surface area (TPSA) is 66.5 Å². The molecule has 0 saturated heterocycles. The first kappa shape index (κ1) is 20.6. The highest BCUT2D eigenvalue weighted by Crippen LogP contribution is 2.41. The van der Waals surface area contributed by atoms with Crippen molar-refractivity contribution in [3.63, 3.8) is 0 Å². The molecule has 1 amide bonds. The molecule has 0 aliphatic heterocycles. The van der Waals surface area contributed by atoms with Gasteiger partial charge in [-0.3, -0.25) is 4.79 Å². The second-order valence-corrected chi connectivity index (χ2v) is 9.84. The minimum absolute atomic E-state index is 0.0106. The average molecular weight is 401 g/mol. The fraction of sp³-hybridized carbons (Fsp3) is 0.409. The van der Waals surface area contributed by atoms with E-state index in [-0.39, 0.29) is 22.9 Å². The Morgan fingerprint density at radius 2 is 1.61 bits per heavy atom. The largest absolute Gasteiger partial charge is 0.345 e. The van der Waals surface area contributed by atoms with E-state index in [9.17, 15) is 13.2 Å². The molecular formula is C22H28N2O3S. The molecule has 150 valence electrons. The van der Waals surface area contributed by atoms with Gasteiger partial charge in [0.15, 0.2) is 0 Å². The van der Waals surface area contributed by atoms with Crippen molar-refractivity contribution in [2.45, 2.75) is 50.6 Å². The van der Waals surface area contributed by atoms with E-state index in [1.807, 2.05) is 20.8 Å². The second kappa shape index (κ2) is 8.05. The summed E-state index contributed by atoms with van der Waals surface area (Å²) in [6, 6.07) is 14.3. The maximum Gasteiger partial charge on any atom is 0.251 e. The molecule has 0 heterocycles. The lowest BCUT2D eigenvalue weighted by atomic mass is 10.0. The van der Waals surface area contributed by atoms with Crippen LogP contribution in [0, 0.1) is 12.8 Å². The van der Waals surface area contributed by atoms with Crippen molar-refractivity contribution in [2.75, 3.05) is 7.05 Å². The van der Waals surface area contributed by atoms with Gasteiger partial charge in [-0.05, 0) is 69.4 Å². The van der Waals surface area contributed by atoms with Crippen LogP contribution in [0.15, 0.2) is 53.4 Å². The molecule has 3 rings (SSSR count). The van der Waals surface area contributed by atoms with Crippen molar-refractivity contribution in [3.8, 4) is 0 Å². The van der Waals surface area contributed by atoms with E-state index >= 15 is 0 Å². The van der Waals surface area contributed by atoms with Gasteiger partial charge in [0.1, 0.15) is 0 Å². The summed E-state index contributed by atoms with van der Waals surface area (Å²) in [5.74, 6) is 0.282. The van der Waals surface area contributed by atoms with Gasteiger partial charge in [0.25, 0.3) is 5.91 Å². The molecular weight excluding hydrogens is 372 g/mol. The molecule has 0 radical (unpaired) electrons. The van der Waals surface area contributed by atoms with Crippen molar-refractivity contribution in [2.24, 2.45) is 5.92 Å². The van der Waals surface area contributed by atoms with Crippen molar-refractivity contribution in [1.29, 1.82) is 0 Å². The van der Waals surface area contributed by atoms with Gasteiger partial charge in [-0.2, -0.15) is 4.31 Å². The van der Waals surface area contributed by atoms with Crippen molar-refractivity contribution >= 4 is 15.9 Å². The molecule has 1 aliphatic rings. The predicted molar refractivity (Wildman–Crippen MR) is 111 cm³/mol. The summed E-state index contributed by atoms with van der Waals surface area (Å²) in [6.07, 6.45) is 2.22. The van der Waals surface area contributed by atoms with E-state index in [0.29, 0.717) is 11.5 Å². The van der Waals surface area contributed by atoms with Crippen LogP contribution in [0.4, 0.5) is 0 Å². The third-order valence-corrected chi connectivity index (χ3v) is 7.38. The monoisotopic (exact) mass is 400 g/mol. The standard InChI is InChI=1S/C22H28N2O3S/c1-15(2)24(4)28(26,27)20-13-11-19(12-14-20)22(25)23-21(18-9-10-18)17-7-5-16(3)6-8-17/h5-8,11-15,18,21H,9-10H2,1-4H3,(H,23,25). The summed E-state index contributed by atoms with van der Waals surface area (Å²) < 4.78 is 26.5.